The Hall–Kier alpha value is -1.63. The van der Waals surface area contributed by atoms with Crippen molar-refractivity contribution in [2.75, 3.05) is 11.9 Å². The molecule has 1 heterocycles. The van der Waals surface area contributed by atoms with Gasteiger partial charge < -0.3 is 15.3 Å². The fourth-order valence-electron chi connectivity index (χ4n) is 2.46. The van der Waals surface area contributed by atoms with Gasteiger partial charge in [0.25, 0.3) is 0 Å². The zero-order valence-electron chi connectivity index (χ0n) is 11.3. The van der Waals surface area contributed by atoms with Gasteiger partial charge in [-0.1, -0.05) is 15.9 Å². The van der Waals surface area contributed by atoms with Crippen molar-refractivity contribution < 1.29 is 19.1 Å². The Kier molecular flexibility index (Phi) is 5.17. The molecule has 1 unspecified atom stereocenters. The molecule has 114 valence electrons. The molecule has 0 radical (unpaired) electrons. The second-order valence-electron chi connectivity index (χ2n) is 5.00. The lowest BCUT2D eigenvalue weighted by Gasteiger charge is -2.34. The zero-order valence-corrected chi connectivity index (χ0v) is 12.9. The van der Waals surface area contributed by atoms with Gasteiger partial charge in [0.2, 0.25) is 0 Å². The number of rotatable bonds is 3. The largest absolute Gasteiger partial charge is 0.481 e. The average molecular weight is 359 g/mol. The quantitative estimate of drug-likeness (QED) is 0.869. The Balaban J connectivity index is 2.08. The third kappa shape index (κ3) is 4.17. The highest BCUT2D eigenvalue weighted by atomic mass is 79.9. The van der Waals surface area contributed by atoms with Gasteiger partial charge in [-0.3, -0.25) is 4.79 Å². The van der Waals surface area contributed by atoms with Crippen molar-refractivity contribution in [3.05, 3.63) is 28.5 Å². The molecular weight excluding hydrogens is 343 g/mol. The van der Waals surface area contributed by atoms with Crippen LogP contribution >= 0.6 is 15.9 Å². The maximum atomic E-state index is 13.7. The van der Waals surface area contributed by atoms with E-state index in [1.807, 2.05) is 0 Å². The number of carboxylic acid groups (broad SMARTS) is 1. The summed E-state index contributed by atoms with van der Waals surface area (Å²) in [6.07, 6.45) is 2.29. The van der Waals surface area contributed by atoms with Crippen LogP contribution in [-0.2, 0) is 4.79 Å². The smallest absolute Gasteiger partial charge is 0.322 e. The van der Waals surface area contributed by atoms with Crippen molar-refractivity contribution >= 4 is 33.6 Å². The van der Waals surface area contributed by atoms with Crippen LogP contribution in [0.5, 0.6) is 0 Å². The van der Waals surface area contributed by atoms with Crippen molar-refractivity contribution in [1.82, 2.24) is 4.90 Å². The van der Waals surface area contributed by atoms with Crippen LogP contribution in [0.3, 0.4) is 0 Å². The molecule has 1 saturated heterocycles. The average Bonchev–Trinajstić information content (AvgIpc) is 2.42. The van der Waals surface area contributed by atoms with E-state index < -0.39 is 17.8 Å². The van der Waals surface area contributed by atoms with E-state index in [-0.39, 0.29) is 18.2 Å². The third-order valence-electron chi connectivity index (χ3n) is 3.47. The van der Waals surface area contributed by atoms with Crippen molar-refractivity contribution in [1.29, 1.82) is 0 Å². The zero-order chi connectivity index (χ0) is 15.4. The first kappa shape index (κ1) is 15.8. The summed E-state index contributed by atoms with van der Waals surface area (Å²) < 4.78 is 14.3. The molecule has 0 spiro atoms. The van der Waals surface area contributed by atoms with Crippen LogP contribution in [0.4, 0.5) is 14.9 Å². The fourth-order valence-corrected chi connectivity index (χ4v) is 2.79. The summed E-state index contributed by atoms with van der Waals surface area (Å²) in [5.41, 5.74) is 0.0860. The number of urea groups is 1. The predicted octanol–water partition coefficient (Wildman–Crippen LogP) is 3.45. The van der Waals surface area contributed by atoms with Crippen LogP contribution in [0.25, 0.3) is 0 Å². The topological polar surface area (TPSA) is 69.6 Å². The van der Waals surface area contributed by atoms with Gasteiger partial charge in [-0.2, -0.15) is 0 Å². The van der Waals surface area contributed by atoms with Crippen LogP contribution in [-0.4, -0.2) is 34.6 Å². The molecule has 0 aromatic heterocycles. The summed E-state index contributed by atoms with van der Waals surface area (Å²) in [6, 6.07) is 3.56. The van der Waals surface area contributed by atoms with E-state index in [9.17, 15) is 14.0 Å². The molecule has 1 aliphatic heterocycles. The van der Waals surface area contributed by atoms with E-state index in [0.717, 1.165) is 12.8 Å². The van der Waals surface area contributed by atoms with Crippen molar-refractivity contribution in [2.24, 2.45) is 0 Å². The van der Waals surface area contributed by atoms with E-state index in [4.69, 9.17) is 5.11 Å². The maximum absolute atomic E-state index is 13.7. The Labute approximate surface area is 130 Å². The number of piperidine rings is 1. The molecular formula is C14H16BrFN2O3. The number of aliphatic carboxylic acids is 1. The number of carboxylic acids is 1. The number of carbonyl (C=O) groups excluding carboxylic acids is 1. The molecule has 5 nitrogen and oxygen atoms in total. The predicted molar refractivity (Wildman–Crippen MR) is 79.7 cm³/mol. The van der Waals surface area contributed by atoms with Gasteiger partial charge in [-0.05, 0) is 37.5 Å². The van der Waals surface area contributed by atoms with Crippen LogP contribution < -0.4 is 5.32 Å². The lowest BCUT2D eigenvalue weighted by Crippen LogP contribution is -2.46. The van der Waals surface area contributed by atoms with Gasteiger partial charge in [0, 0.05) is 17.1 Å². The Morgan fingerprint density at radius 1 is 1.43 bits per heavy atom. The van der Waals surface area contributed by atoms with Gasteiger partial charge in [0.05, 0.1) is 12.1 Å². The Morgan fingerprint density at radius 3 is 2.86 bits per heavy atom. The summed E-state index contributed by atoms with van der Waals surface area (Å²) in [7, 11) is 0. The summed E-state index contributed by atoms with van der Waals surface area (Å²) >= 11 is 3.15. The number of amides is 2. The molecule has 1 fully saturated rings. The molecule has 1 aliphatic rings. The number of nitrogens with one attached hydrogen (secondary N) is 1. The first-order valence-corrected chi connectivity index (χ1v) is 7.51. The molecule has 1 aromatic carbocycles. The minimum Gasteiger partial charge on any atom is -0.481 e. The molecule has 2 N–H and O–H groups in total. The van der Waals surface area contributed by atoms with Crippen molar-refractivity contribution in [3.8, 4) is 0 Å². The highest BCUT2D eigenvalue weighted by Crippen LogP contribution is 2.23. The SMILES string of the molecule is O=C(O)CC1CCCCN1C(=O)Nc1ccc(Br)cc1F. The number of hydrogen-bond donors (Lipinski definition) is 2. The number of halogens is 2. The summed E-state index contributed by atoms with van der Waals surface area (Å²) in [5, 5.41) is 11.4. The molecule has 0 aliphatic carbocycles. The second kappa shape index (κ2) is 6.89. The van der Waals surface area contributed by atoms with Crippen molar-refractivity contribution in [3.63, 3.8) is 0 Å². The van der Waals surface area contributed by atoms with Gasteiger partial charge in [0.15, 0.2) is 0 Å². The first-order valence-electron chi connectivity index (χ1n) is 6.72. The normalized spacial score (nSPS) is 18.4. The standard InChI is InChI=1S/C14H16BrFN2O3/c15-9-4-5-12(11(16)7-9)17-14(21)18-6-2-1-3-10(18)8-13(19)20/h4-5,7,10H,1-3,6,8H2,(H,17,21)(H,19,20). The highest BCUT2D eigenvalue weighted by molar-refractivity contribution is 9.10. The second-order valence-corrected chi connectivity index (χ2v) is 5.91. The minimum atomic E-state index is -0.936. The molecule has 0 saturated carbocycles. The van der Waals surface area contributed by atoms with Crippen LogP contribution in [0.15, 0.2) is 22.7 Å². The highest BCUT2D eigenvalue weighted by Gasteiger charge is 2.28. The number of hydrogen-bond acceptors (Lipinski definition) is 2. The molecule has 1 atom stereocenters. The molecule has 7 heteroatoms. The number of anilines is 1. The van der Waals surface area contributed by atoms with Gasteiger partial charge in [-0.25, -0.2) is 9.18 Å². The third-order valence-corrected chi connectivity index (χ3v) is 3.96. The molecule has 0 bridgehead atoms. The van der Waals surface area contributed by atoms with Crippen LogP contribution in [0.2, 0.25) is 0 Å². The number of nitrogens with zero attached hydrogens (tertiary/aromatic N) is 1. The lowest BCUT2D eigenvalue weighted by atomic mass is 10.00. The van der Waals surface area contributed by atoms with Gasteiger partial charge >= 0.3 is 12.0 Å². The molecule has 2 amide bonds. The van der Waals surface area contributed by atoms with Gasteiger partial charge in [-0.15, -0.1) is 0 Å². The summed E-state index contributed by atoms with van der Waals surface area (Å²) in [4.78, 5) is 24.6. The Morgan fingerprint density at radius 2 is 2.19 bits per heavy atom. The number of carbonyl (C=O) groups is 2. The monoisotopic (exact) mass is 358 g/mol. The molecule has 1 aromatic rings. The van der Waals surface area contributed by atoms with Crippen molar-refractivity contribution in [2.45, 2.75) is 31.7 Å². The number of benzene rings is 1. The Bertz CT molecular complexity index is 553. The van der Waals surface area contributed by atoms with E-state index >= 15 is 0 Å². The maximum Gasteiger partial charge on any atom is 0.322 e. The lowest BCUT2D eigenvalue weighted by molar-refractivity contribution is -0.138. The van der Waals surface area contributed by atoms with E-state index in [2.05, 4.69) is 21.2 Å². The van der Waals surface area contributed by atoms with Crippen LogP contribution in [0.1, 0.15) is 25.7 Å². The van der Waals surface area contributed by atoms with E-state index in [1.54, 1.807) is 6.07 Å². The van der Waals surface area contributed by atoms with Crippen LogP contribution in [0, 0.1) is 5.82 Å². The van der Waals surface area contributed by atoms with E-state index in [1.165, 1.54) is 17.0 Å². The van der Waals surface area contributed by atoms with Gasteiger partial charge in [0.1, 0.15) is 5.82 Å². The minimum absolute atomic E-state index is 0.0860. The van der Waals surface area contributed by atoms with E-state index in [0.29, 0.717) is 17.4 Å². The fraction of sp³-hybridized carbons (Fsp3) is 0.429. The summed E-state index contributed by atoms with van der Waals surface area (Å²) in [5.74, 6) is -1.47. The number of likely N-dealkylation sites (tertiary alicyclic amines) is 1. The molecule has 2 rings (SSSR count). The molecule has 21 heavy (non-hydrogen) atoms. The first-order chi connectivity index (χ1) is 9.97. The summed E-state index contributed by atoms with van der Waals surface area (Å²) in [6.45, 7) is 0.488.